The molecule has 3 nitrogen and oxygen atoms in total. The zero-order chi connectivity index (χ0) is 11.2. The molecule has 1 unspecified atom stereocenters. The molecular formula is C13H17NO2. The van der Waals surface area contributed by atoms with Gasteiger partial charge in [-0.1, -0.05) is 18.2 Å². The van der Waals surface area contributed by atoms with Crippen molar-refractivity contribution in [1.29, 1.82) is 0 Å². The Morgan fingerprint density at radius 3 is 2.94 bits per heavy atom. The maximum atomic E-state index is 10.7. The second-order valence-corrected chi connectivity index (χ2v) is 4.23. The highest BCUT2D eigenvalue weighted by Crippen LogP contribution is 2.17. The molecule has 0 aliphatic carbocycles. The molecule has 0 aromatic heterocycles. The second kappa shape index (κ2) is 5.54. The SMILES string of the molecule is O=CN1CCCC(COc2ccccc2)C1. The maximum Gasteiger partial charge on any atom is 0.209 e. The Morgan fingerprint density at radius 2 is 2.19 bits per heavy atom. The minimum Gasteiger partial charge on any atom is -0.493 e. The summed E-state index contributed by atoms with van der Waals surface area (Å²) < 4.78 is 5.70. The fourth-order valence-corrected chi connectivity index (χ4v) is 2.06. The number of hydrogen-bond donors (Lipinski definition) is 0. The molecule has 0 saturated carbocycles. The number of para-hydroxylation sites is 1. The van der Waals surface area contributed by atoms with Gasteiger partial charge in [-0.25, -0.2) is 0 Å². The topological polar surface area (TPSA) is 29.5 Å². The third-order valence-corrected chi connectivity index (χ3v) is 2.93. The quantitative estimate of drug-likeness (QED) is 0.724. The number of piperidine rings is 1. The fourth-order valence-electron chi connectivity index (χ4n) is 2.06. The number of ether oxygens (including phenoxy) is 1. The molecule has 0 bridgehead atoms. The second-order valence-electron chi connectivity index (χ2n) is 4.23. The number of nitrogens with zero attached hydrogens (tertiary/aromatic N) is 1. The number of carbonyl (C=O) groups is 1. The van der Waals surface area contributed by atoms with Crippen LogP contribution >= 0.6 is 0 Å². The molecular weight excluding hydrogens is 202 g/mol. The molecule has 0 N–H and O–H groups in total. The average Bonchev–Trinajstić information content (AvgIpc) is 2.38. The summed E-state index contributed by atoms with van der Waals surface area (Å²) in [6, 6.07) is 9.82. The van der Waals surface area contributed by atoms with Gasteiger partial charge in [0.2, 0.25) is 6.41 Å². The van der Waals surface area contributed by atoms with E-state index in [0.717, 1.165) is 38.1 Å². The fraction of sp³-hybridized carbons (Fsp3) is 0.462. The lowest BCUT2D eigenvalue weighted by Crippen LogP contribution is -2.36. The summed E-state index contributed by atoms with van der Waals surface area (Å²) in [5.41, 5.74) is 0. The Balaban J connectivity index is 1.79. The van der Waals surface area contributed by atoms with Crippen molar-refractivity contribution in [3.05, 3.63) is 30.3 Å². The highest BCUT2D eigenvalue weighted by atomic mass is 16.5. The van der Waals surface area contributed by atoms with Crippen LogP contribution in [0.4, 0.5) is 0 Å². The summed E-state index contributed by atoms with van der Waals surface area (Å²) in [7, 11) is 0. The van der Waals surface area contributed by atoms with Gasteiger partial charge in [0, 0.05) is 19.0 Å². The first kappa shape index (κ1) is 11.0. The van der Waals surface area contributed by atoms with Gasteiger partial charge in [0.1, 0.15) is 5.75 Å². The summed E-state index contributed by atoms with van der Waals surface area (Å²) in [6.07, 6.45) is 3.17. The lowest BCUT2D eigenvalue weighted by Gasteiger charge is -2.29. The Hall–Kier alpha value is -1.51. The zero-order valence-electron chi connectivity index (χ0n) is 9.34. The van der Waals surface area contributed by atoms with Gasteiger partial charge in [-0.3, -0.25) is 4.79 Å². The molecule has 1 fully saturated rings. The van der Waals surface area contributed by atoms with Gasteiger partial charge < -0.3 is 9.64 Å². The molecule has 2 rings (SSSR count). The van der Waals surface area contributed by atoms with E-state index in [4.69, 9.17) is 4.74 Å². The Morgan fingerprint density at radius 1 is 1.38 bits per heavy atom. The molecule has 16 heavy (non-hydrogen) atoms. The zero-order valence-corrected chi connectivity index (χ0v) is 9.34. The van der Waals surface area contributed by atoms with Crippen LogP contribution in [0.2, 0.25) is 0 Å². The van der Waals surface area contributed by atoms with Gasteiger partial charge >= 0.3 is 0 Å². The smallest absolute Gasteiger partial charge is 0.209 e. The van der Waals surface area contributed by atoms with Crippen molar-refractivity contribution in [3.8, 4) is 5.75 Å². The first-order valence-electron chi connectivity index (χ1n) is 5.75. The number of likely N-dealkylation sites (tertiary alicyclic amines) is 1. The third-order valence-electron chi connectivity index (χ3n) is 2.93. The van der Waals surface area contributed by atoms with Crippen LogP contribution in [-0.4, -0.2) is 31.0 Å². The standard InChI is InChI=1S/C13H17NO2/c15-11-14-8-4-5-12(9-14)10-16-13-6-2-1-3-7-13/h1-3,6-7,11-12H,4-5,8-10H2. The van der Waals surface area contributed by atoms with Crippen molar-refractivity contribution in [3.63, 3.8) is 0 Å². The average molecular weight is 219 g/mol. The van der Waals surface area contributed by atoms with Crippen molar-refractivity contribution in [2.75, 3.05) is 19.7 Å². The Labute approximate surface area is 96.0 Å². The van der Waals surface area contributed by atoms with E-state index >= 15 is 0 Å². The van der Waals surface area contributed by atoms with Gasteiger partial charge in [-0.15, -0.1) is 0 Å². The molecule has 1 aliphatic heterocycles. The molecule has 1 aromatic carbocycles. The molecule has 0 spiro atoms. The van der Waals surface area contributed by atoms with Crippen LogP contribution in [-0.2, 0) is 4.79 Å². The third kappa shape index (κ3) is 2.99. The molecule has 1 aliphatic rings. The maximum absolute atomic E-state index is 10.7. The van der Waals surface area contributed by atoms with Crippen molar-refractivity contribution in [1.82, 2.24) is 4.90 Å². The first-order chi connectivity index (χ1) is 7.88. The van der Waals surface area contributed by atoms with E-state index in [-0.39, 0.29) is 0 Å². The van der Waals surface area contributed by atoms with E-state index in [1.54, 1.807) is 0 Å². The van der Waals surface area contributed by atoms with E-state index < -0.39 is 0 Å². The highest BCUT2D eigenvalue weighted by Gasteiger charge is 2.18. The Bertz CT molecular complexity index is 326. The van der Waals surface area contributed by atoms with Crippen molar-refractivity contribution < 1.29 is 9.53 Å². The number of carbonyl (C=O) groups excluding carboxylic acids is 1. The van der Waals surface area contributed by atoms with Gasteiger partial charge in [-0.2, -0.15) is 0 Å². The molecule has 1 atom stereocenters. The van der Waals surface area contributed by atoms with Crippen LogP contribution in [0.1, 0.15) is 12.8 Å². The summed E-state index contributed by atoms with van der Waals surface area (Å²) in [5, 5.41) is 0. The number of rotatable bonds is 4. The largest absolute Gasteiger partial charge is 0.493 e. The minimum absolute atomic E-state index is 0.471. The van der Waals surface area contributed by atoms with Crippen LogP contribution < -0.4 is 4.74 Å². The molecule has 1 aromatic rings. The van der Waals surface area contributed by atoms with Crippen LogP contribution in [0.15, 0.2) is 30.3 Å². The van der Waals surface area contributed by atoms with Gasteiger partial charge in [0.05, 0.1) is 6.61 Å². The van der Waals surface area contributed by atoms with E-state index in [1.165, 1.54) is 0 Å². The molecule has 1 saturated heterocycles. The summed E-state index contributed by atoms with van der Waals surface area (Å²) in [6.45, 7) is 2.43. The number of hydrogen-bond acceptors (Lipinski definition) is 2. The lowest BCUT2D eigenvalue weighted by molar-refractivity contribution is -0.119. The Kier molecular flexibility index (Phi) is 3.81. The number of benzene rings is 1. The number of amides is 1. The summed E-state index contributed by atoms with van der Waals surface area (Å²) >= 11 is 0. The van der Waals surface area contributed by atoms with E-state index in [0.29, 0.717) is 12.5 Å². The lowest BCUT2D eigenvalue weighted by atomic mass is 9.99. The van der Waals surface area contributed by atoms with E-state index in [2.05, 4.69) is 0 Å². The molecule has 1 heterocycles. The summed E-state index contributed by atoms with van der Waals surface area (Å²) in [5.74, 6) is 1.38. The van der Waals surface area contributed by atoms with Crippen molar-refractivity contribution in [2.24, 2.45) is 5.92 Å². The van der Waals surface area contributed by atoms with Crippen LogP contribution in [0.5, 0.6) is 5.75 Å². The predicted molar refractivity (Wildman–Crippen MR) is 62.3 cm³/mol. The van der Waals surface area contributed by atoms with Crippen LogP contribution in [0.3, 0.4) is 0 Å². The normalized spacial score (nSPS) is 20.5. The van der Waals surface area contributed by atoms with E-state index in [1.807, 2.05) is 35.2 Å². The van der Waals surface area contributed by atoms with Crippen molar-refractivity contribution in [2.45, 2.75) is 12.8 Å². The molecule has 1 amide bonds. The molecule has 3 heteroatoms. The monoisotopic (exact) mass is 219 g/mol. The summed E-state index contributed by atoms with van der Waals surface area (Å²) in [4.78, 5) is 12.5. The van der Waals surface area contributed by atoms with Crippen LogP contribution in [0.25, 0.3) is 0 Å². The van der Waals surface area contributed by atoms with Gasteiger partial charge in [0.25, 0.3) is 0 Å². The molecule has 0 radical (unpaired) electrons. The van der Waals surface area contributed by atoms with Gasteiger partial charge in [-0.05, 0) is 25.0 Å². The first-order valence-corrected chi connectivity index (χ1v) is 5.75. The van der Waals surface area contributed by atoms with Crippen molar-refractivity contribution >= 4 is 6.41 Å². The highest BCUT2D eigenvalue weighted by molar-refractivity contribution is 5.47. The van der Waals surface area contributed by atoms with Crippen LogP contribution in [0, 0.1) is 5.92 Å². The van der Waals surface area contributed by atoms with Gasteiger partial charge in [0.15, 0.2) is 0 Å². The predicted octanol–water partition coefficient (Wildman–Crippen LogP) is 1.93. The molecule has 86 valence electrons. The minimum atomic E-state index is 0.471. The van der Waals surface area contributed by atoms with E-state index in [9.17, 15) is 4.79 Å².